The molecule has 1 saturated heterocycles. The lowest BCUT2D eigenvalue weighted by Gasteiger charge is -2.22. The van der Waals surface area contributed by atoms with Crippen LogP contribution >= 0.6 is 0 Å². The first-order valence-corrected chi connectivity index (χ1v) is 7.91. The molecule has 1 heterocycles. The summed E-state index contributed by atoms with van der Waals surface area (Å²) in [6, 6.07) is 5.30. The number of carbonyl (C=O) groups excluding carboxylic acids is 1. The molecule has 0 aliphatic carbocycles. The molecule has 2 rings (SSSR count). The van der Waals surface area contributed by atoms with Gasteiger partial charge in [0, 0.05) is 25.7 Å². The van der Waals surface area contributed by atoms with Gasteiger partial charge in [-0.1, -0.05) is 18.2 Å². The average molecular weight is 344 g/mol. The van der Waals surface area contributed by atoms with Gasteiger partial charge < -0.3 is 10.1 Å². The van der Waals surface area contributed by atoms with Gasteiger partial charge in [-0.2, -0.15) is 13.2 Å². The van der Waals surface area contributed by atoms with Crippen molar-refractivity contribution < 1.29 is 22.7 Å². The third-order valence-electron chi connectivity index (χ3n) is 3.65. The van der Waals surface area contributed by atoms with Gasteiger partial charge >= 0.3 is 12.3 Å². The average Bonchev–Trinajstić information content (AvgIpc) is 2.83. The van der Waals surface area contributed by atoms with Crippen LogP contribution in [0, 0.1) is 0 Å². The minimum Gasteiger partial charge on any atom is -0.444 e. The molecular weight excluding hydrogens is 321 g/mol. The standard InChI is InChI=1S/C17H23F3N2O2/c1-16(2,3)24-15(23)21-14-7-8-22(11-14)10-12-5-4-6-13(9-12)17(18,19)20/h4-6,9,14H,7-8,10-11H2,1-3H3,(H,21,23)/t14-/m0/s1. The number of likely N-dealkylation sites (tertiary alicyclic amines) is 1. The topological polar surface area (TPSA) is 41.6 Å². The predicted octanol–water partition coefficient (Wildman–Crippen LogP) is 3.80. The molecule has 0 saturated carbocycles. The third-order valence-corrected chi connectivity index (χ3v) is 3.65. The fourth-order valence-electron chi connectivity index (χ4n) is 2.67. The molecule has 1 aliphatic rings. The molecule has 1 aromatic rings. The molecule has 24 heavy (non-hydrogen) atoms. The molecule has 1 aromatic carbocycles. The lowest BCUT2D eigenvalue weighted by molar-refractivity contribution is -0.137. The molecule has 1 amide bonds. The summed E-state index contributed by atoms with van der Waals surface area (Å²) in [5, 5.41) is 2.80. The lowest BCUT2D eigenvalue weighted by atomic mass is 10.1. The number of hydrogen-bond donors (Lipinski definition) is 1. The first-order chi connectivity index (χ1) is 11.0. The van der Waals surface area contributed by atoms with Crippen LogP contribution in [0.25, 0.3) is 0 Å². The van der Waals surface area contributed by atoms with Crippen LogP contribution in [0.2, 0.25) is 0 Å². The van der Waals surface area contributed by atoms with E-state index in [4.69, 9.17) is 4.74 Å². The molecule has 0 unspecified atom stereocenters. The number of nitrogens with one attached hydrogen (secondary N) is 1. The van der Waals surface area contributed by atoms with Crippen LogP contribution < -0.4 is 5.32 Å². The first-order valence-electron chi connectivity index (χ1n) is 7.91. The summed E-state index contributed by atoms with van der Waals surface area (Å²) in [6.45, 7) is 7.12. The second-order valence-corrected chi connectivity index (χ2v) is 7.07. The van der Waals surface area contributed by atoms with Crippen molar-refractivity contribution >= 4 is 6.09 Å². The molecule has 4 nitrogen and oxygen atoms in total. The van der Waals surface area contributed by atoms with Gasteiger partial charge in [0.2, 0.25) is 0 Å². The van der Waals surface area contributed by atoms with Crippen LogP contribution in [0.1, 0.15) is 38.3 Å². The quantitative estimate of drug-likeness (QED) is 0.907. The van der Waals surface area contributed by atoms with E-state index < -0.39 is 23.4 Å². The number of carbonyl (C=O) groups is 1. The van der Waals surface area contributed by atoms with Crippen LogP contribution in [-0.2, 0) is 17.5 Å². The smallest absolute Gasteiger partial charge is 0.416 e. The Bertz CT molecular complexity index is 582. The van der Waals surface area contributed by atoms with Crippen LogP contribution in [0.5, 0.6) is 0 Å². The van der Waals surface area contributed by atoms with Gasteiger partial charge in [-0.3, -0.25) is 4.90 Å². The van der Waals surface area contributed by atoms with Gasteiger partial charge in [-0.15, -0.1) is 0 Å². The van der Waals surface area contributed by atoms with E-state index in [2.05, 4.69) is 5.32 Å². The fraction of sp³-hybridized carbons (Fsp3) is 0.588. The molecule has 0 bridgehead atoms. The van der Waals surface area contributed by atoms with E-state index in [0.717, 1.165) is 19.0 Å². The minimum atomic E-state index is -4.33. The van der Waals surface area contributed by atoms with Crippen molar-refractivity contribution in [3.05, 3.63) is 35.4 Å². The zero-order valence-electron chi connectivity index (χ0n) is 14.1. The van der Waals surface area contributed by atoms with Crippen molar-refractivity contribution in [2.75, 3.05) is 13.1 Å². The maximum absolute atomic E-state index is 12.7. The van der Waals surface area contributed by atoms with Crippen molar-refractivity contribution in [2.45, 2.75) is 51.6 Å². The summed E-state index contributed by atoms with van der Waals surface area (Å²) in [5.41, 5.74) is -0.578. The van der Waals surface area contributed by atoms with Gasteiger partial charge in [-0.05, 0) is 38.8 Å². The lowest BCUT2D eigenvalue weighted by Crippen LogP contribution is -2.40. The highest BCUT2D eigenvalue weighted by Crippen LogP contribution is 2.30. The highest BCUT2D eigenvalue weighted by molar-refractivity contribution is 5.68. The zero-order valence-corrected chi connectivity index (χ0v) is 14.1. The number of benzene rings is 1. The molecule has 134 valence electrons. The Morgan fingerprint density at radius 1 is 1.33 bits per heavy atom. The van der Waals surface area contributed by atoms with Crippen LogP contribution in [0.3, 0.4) is 0 Å². The maximum Gasteiger partial charge on any atom is 0.416 e. The monoisotopic (exact) mass is 344 g/mol. The molecule has 0 spiro atoms. The van der Waals surface area contributed by atoms with Crippen molar-refractivity contribution in [3.63, 3.8) is 0 Å². The molecule has 1 N–H and O–H groups in total. The van der Waals surface area contributed by atoms with Crippen molar-refractivity contribution in [2.24, 2.45) is 0 Å². The molecule has 0 radical (unpaired) electrons. The number of alkyl carbamates (subject to hydrolysis) is 1. The van der Waals surface area contributed by atoms with E-state index in [1.165, 1.54) is 12.1 Å². The fourth-order valence-corrected chi connectivity index (χ4v) is 2.67. The molecule has 0 aromatic heterocycles. The van der Waals surface area contributed by atoms with E-state index in [1.807, 2.05) is 4.90 Å². The largest absolute Gasteiger partial charge is 0.444 e. The number of halogens is 3. The first kappa shape index (κ1) is 18.6. The highest BCUT2D eigenvalue weighted by Gasteiger charge is 2.31. The number of amides is 1. The number of alkyl halides is 3. The molecule has 7 heteroatoms. The van der Waals surface area contributed by atoms with Crippen LogP contribution in [-0.4, -0.2) is 35.7 Å². The van der Waals surface area contributed by atoms with Gasteiger partial charge in [0.15, 0.2) is 0 Å². The molecule has 1 aliphatic heterocycles. The molecule has 1 fully saturated rings. The summed E-state index contributed by atoms with van der Waals surface area (Å²) in [6.07, 6.45) is -4.05. The van der Waals surface area contributed by atoms with Crippen molar-refractivity contribution in [3.8, 4) is 0 Å². The van der Waals surface area contributed by atoms with Gasteiger partial charge in [-0.25, -0.2) is 4.79 Å². The minimum absolute atomic E-state index is 0.0503. The van der Waals surface area contributed by atoms with Gasteiger partial charge in [0.05, 0.1) is 5.56 Å². The van der Waals surface area contributed by atoms with Gasteiger partial charge in [0.25, 0.3) is 0 Å². The number of hydrogen-bond acceptors (Lipinski definition) is 3. The van der Waals surface area contributed by atoms with Crippen LogP contribution in [0.4, 0.5) is 18.0 Å². The van der Waals surface area contributed by atoms with Gasteiger partial charge in [0.1, 0.15) is 5.60 Å². The summed E-state index contributed by atoms with van der Waals surface area (Å²) >= 11 is 0. The summed E-state index contributed by atoms with van der Waals surface area (Å²) < 4.78 is 43.5. The SMILES string of the molecule is CC(C)(C)OC(=O)N[C@H]1CCN(Cc2cccc(C(F)(F)F)c2)C1. The van der Waals surface area contributed by atoms with E-state index in [9.17, 15) is 18.0 Å². The second kappa shape index (κ2) is 7.01. The Morgan fingerprint density at radius 2 is 2.04 bits per heavy atom. The summed E-state index contributed by atoms with van der Waals surface area (Å²) in [7, 11) is 0. The predicted molar refractivity (Wildman–Crippen MR) is 84.5 cm³/mol. The van der Waals surface area contributed by atoms with Crippen molar-refractivity contribution in [1.29, 1.82) is 0 Å². The van der Waals surface area contributed by atoms with E-state index in [1.54, 1.807) is 26.8 Å². The number of nitrogens with zero attached hydrogens (tertiary/aromatic N) is 1. The Labute approximate surface area is 140 Å². The summed E-state index contributed by atoms with van der Waals surface area (Å²) in [4.78, 5) is 13.8. The second-order valence-electron chi connectivity index (χ2n) is 7.07. The number of rotatable bonds is 3. The Hall–Kier alpha value is -1.76. The Kier molecular flexibility index (Phi) is 5.42. The maximum atomic E-state index is 12.7. The molecule has 1 atom stereocenters. The van der Waals surface area contributed by atoms with E-state index in [-0.39, 0.29) is 6.04 Å². The van der Waals surface area contributed by atoms with E-state index in [0.29, 0.717) is 18.7 Å². The normalized spacial score (nSPS) is 19.3. The Morgan fingerprint density at radius 3 is 2.67 bits per heavy atom. The third kappa shape index (κ3) is 5.70. The van der Waals surface area contributed by atoms with E-state index >= 15 is 0 Å². The Balaban J connectivity index is 1.87. The number of ether oxygens (including phenoxy) is 1. The summed E-state index contributed by atoms with van der Waals surface area (Å²) in [5.74, 6) is 0. The van der Waals surface area contributed by atoms with Crippen LogP contribution in [0.15, 0.2) is 24.3 Å². The molecular formula is C17H23F3N2O2. The zero-order chi connectivity index (χ0) is 18.0. The highest BCUT2D eigenvalue weighted by atomic mass is 19.4. The van der Waals surface area contributed by atoms with Crippen molar-refractivity contribution in [1.82, 2.24) is 10.2 Å².